The van der Waals surface area contributed by atoms with Crippen molar-refractivity contribution in [1.29, 1.82) is 0 Å². The van der Waals surface area contributed by atoms with Crippen LogP contribution in [0.15, 0.2) is 23.2 Å². The molecule has 1 saturated heterocycles. The lowest BCUT2D eigenvalue weighted by molar-refractivity contribution is -0.143. The number of carbonyl (C=O) groups is 3. The number of aromatic nitrogens is 1. The highest BCUT2D eigenvalue weighted by Crippen LogP contribution is 2.19. The zero-order chi connectivity index (χ0) is 20.8. The van der Waals surface area contributed by atoms with Crippen LogP contribution < -0.4 is 4.80 Å². The molecular weight excluding hydrogens is 417 g/mol. The smallest absolute Gasteiger partial charge is 0.326 e. The maximum Gasteiger partial charge on any atom is 0.326 e. The van der Waals surface area contributed by atoms with Crippen molar-refractivity contribution in [2.45, 2.75) is 26.3 Å². The van der Waals surface area contributed by atoms with Gasteiger partial charge in [-0.25, -0.2) is 4.39 Å². The van der Waals surface area contributed by atoms with Gasteiger partial charge in [0.05, 0.1) is 28.3 Å². The summed E-state index contributed by atoms with van der Waals surface area (Å²) in [6, 6.07) is 4.18. The predicted molar refractivity (Wildman–Crippen MR) is 110 cm³/mol. The van der Waals surface area contributed by atoms with Crippen LogP contribution >= 0.6 is 23.1 Å². The molecule has 0 radical (unpaired) electrons. The molecule has 3 rings (SSSR count). The number of fused-ring (bicyclic) bond motifs is 1. The van der Waals surface area contributed by atoms with Gasteiger partial charge in [-0.3, -0.25) is 14.4 Å². The fraction of sp³-hybridized carbons (Fsp3) is 0.474. The molecular formula is C19H22FN3O4S2. The van der Waals surface area contributed by atoms with Gasteiger partial charge in [-0.15, -0.1) is 11.8 Å². The van der Waals surface area contributed by atoms with Crippen LogP contribution in [0, 0.1) is 5.82 Å². The van der Waals surface area contributed by atoms with Crippen LogP contribution in [0.25, 0.3) is 10.2 Å². The highest BCUT2D eigenvalue weighted by molar-refractivity contribution is 8.00. The number of halogens is 1. The molecule has 0 spiro atoms. The van der Waals surface area contributed by atoms with E-state index in [4.69, 9.17) is 4.74 Å². The maximum atomic E-state index is 13.6. The van der Waals surface area contributed by atoms with Crippen molar-refractivity contribution in [2.75, 3.05) is 31.2 Å². The number of ether oxygens (including phenoxy) is 1. The van der Waals surface area contributed by atoms with Crippen LogP contribution in [0.2, 0.25) is 0 Å². The van der Waals surface area contributed by atoms with Crippen LogP contribution in [0.1, 0.15) is 19.8 Å². The third-order valence-corrected chi connectivity index (χ3v) is 6.31. The van der Waals surface area contributed by atoms with Crippen LogP contribution in [-0.2, 0) is 25.7 Å². The van der Waals surface area contributed by atoms with Gasteiger partial charge >= 0.3 is 5.97 Å². The number of nitrogens with zero attached hydrogens (tertiary/aromatic N) is 3. The van der Waals surface area contributed by atoms with E-state index in [0.717, 1.165) is 37.3 Å². The van der Waals surface area contributed by atoms with E-state index in [-0.39, 0.29) is 30.6 Å². The highest BCUT2D eigenvalue weighted by atomic mass is 32.2. The summed E-state index contributed by atoms with van der Waals surface area (Å²) in [6.45, 7) is 3.39. The van der Waals surface area contributed by atoms with E-state index in [1.54, 1.807) is 17.6 Å². The minimum absolute atomic E-state index is 0.0370. The van der Waals surface area contributed by atoms with Crippen molar-refractivity contribution in [3.05, 3.63) is 28.8 Å². The average Bonchev–Trinajstić information content (AvgIpc) is 3.31. The lowest BCUT2D eigenvalue weighted by atomic mass is 10.3. The quantitative estimate of drug-likeness (QED) is 0.618. The van der Waals surface area contributed by atoms with E-state index in [1.165, 1.54) is 23.9 Å². The van der Waals surface area contributed by atoms with Gasteiger partial charge in [0, 0.05) is 13.1 Å². The molecule has 0 unspecified atom stereocenters. The average molecular weight is 440 g/mol. The molecule has 2 amide bonds. The van der Waals surface area contributed by atoms with Gasteiger partial charge in [-0.2, -0.15) is 4.99 Å². The molecule has 1 aliphatic rings. The van der Waals surface area contributed by atoms with Gasteiger partial charge in [-0.05, 0) is 38.0 Å². The highest BCUT2D eigenvalue weighted by Gasteiger charge is 2.18. The van der Waals surface area contributed by atoms with E-state index >= 15 is 0 Å². The summed E-state index contributed by atoms with van der Waals surface area (Å²) in [5.74, 6) is -0.945. The zero-order valence-corrected chi connectivity index (χ0v) is 17.7. The summed E-state index contributed by atoms with van der Waals surface area (Å²) in [6.07, 6.45) is 2.05. The van der Waals surface area contributed by atoms with E-state index < -0.39 is 17.7 Å². The Morgan fingerprint density at radius 2 is 2.00 bits per heavy atom. The molecule has 1 aromatic carbocycles. The zero-order valence-electron chi connectivity index (χ0n) is 16.1. The number of hydrogen-bond donors (Lipinski definition) is 0. The molecule has 0 bridgehead atoms. The second kappa shape index (κ2) is 10.0. The summed E-state index contributed by atoms with van der Waals surface area (Å²) in [5, 5.41) is 0. The number of rotatable bonds is 7. The molecule has 0 aliphatic carbocycles. The molecule has 7 nitrogen and oxygen atoms in total. The molecule has 1 aliphatic heterocycles. The number of thioether (sulfide) groups is 1. The number of esters is 1. The predicted octanol–water partition coefficient (Wildman–Crippen LogP) is 2.19. The van der Waals surface area contributed by atoms with Crippen LogP contribution in [-0.4, -0.2) is 58.5 Å². The third-order valence-electron chi connectivity index (χ3n) is 4.37. The second-order valence-corrected chi connectivity index (χ2v) is 8.47. The lowest BCUT2D eigenvalue weighted by Crippen LogP contribution is -2.29. The van der Waals surface area contributed by atoms with Gasteiger partial charge in [0.15, 0.2) is 4.80 Å². The fourth-order valence-corrected chi connectivity index (χ4v) is 4.81. The van der Waals surface area contributed by atoms with Crippen molar-refractivity contribution in [2.24, 2.45) is 4.99 Å². The summed E-state index contributed by atoms with van der Waals surface area (Å²) in [5.41, 5.74) is 0.605. The number of likely N-dealkylation sites (tertiary alicyclic amines) is 1. The fourth-order valence-electron chi connectivity index (χ4n) is 3.04. The Morgan fingerprint density at radius 3 is 2.72 bits per heavy atom. The molecule has 156 valence electrons. The van der Waals surface area contributed by atoms with Crippen molar-refractivity contribution in [3.63, 3.8) is 0 Å². The number of hydrogen-bond acceptors (Lipinski definition) is 6. The van der Waals surface area contributed by atoms with E-state index in [2.05, 4.69) is 4.99 Å². The monoisotopic (exact) mass is 439 g/mol. The molecule has 2 aromatic rings. The first-order chi connectivity index (χ1) is 14.0. The first-order valence-electron chi connectivity index (χ1n) is 9.35. The third kappa shape index (κ3) is 5.66. The van der Waals surface area contributed by atoms with Gasteiger partial charge in [-0.1, -0.05) is 11.3 Å². The van der Waals surface area contributed by atoms with Gasteiger partial charge in [0.1, 0.15) is 12.4 Å². The Labute approximate surface area is 175 Å². The Morgan fingerprint density at radius 1 is 1.24 bits per heavy atom. The molecule has 1 aromatic heterocycles. The Kier molecular flexibility index (Phi) is 7.43. The molecule has 2 heterocycles. The summed E-state index contributed by atoms with van der Waals surface area (Å²) in [4.78, 5) is 42.5. The van der Waals surface area contributed by atoms with Crippen LogP contribution in [0.5, 0.6) is 0 Å². The van der Waals surface area contributed by atoms with Crippen LogP contribution in [0.3, 0.4) is 0 Å². The standard InChI is InChI=1S/C19H22FN3O4S2/c1-2-27-18(26)10-23-14-6-5-13(20)9-15(14)29-19(23)21-16(24)11-28-12-17(25)22-7-3-4-8-22/h5-6,9H,2-4,7-8,10-12H2,1H3. The number of amides is 2. The lowest BCUT2D eigenvalue weighted by Gasteiger charge is -2.14. The van der Waals surface area contributed by atoms with E-state index in [1.807, 2.05) is 4.90 Å². The SMILES string of the molecule is CCOC(=O)Cn1c(=NC(=O)CSCC(=O)N2CCCC2)sc2cc(F)ccc21. The van der Waals surface area contributed by atoms with E-state index in [0.29, 0.717) is 15.0 Å². The molecule has 10 heteroatoms. The minimum atomic E-state index is -0.462. The Hall–Kier alpha value is -2.20. The maximum absolute atomic E-state index is 13.6. The summed E-state index contributed by atoms with van der Waals surface area (Å²) >= 11 is 2.35. The molecule has 0 saturated carbocycles. The minimum Gasteiger partial charge on any atom is -0.465 e. The van der Waals surface area contributed by atoms with Gasteiger partial charge < -0.3 is 14.2 Å². The molecule has 1 fully saturated rings. The van der Waals surface area contributed by atoms with Gasteiger partial charge in [0.2, 0.25) is 5.91 Å². The van der Waals surface area contributed by atoms with Crippen LogP contribution in [0.4, 0.5) is 4.39 Å². The van der Waals surface area contributed by atoms with Crippen molar-refractivity contribution in [1.82, 2.24) is 9.47 Å². The number of carbonyl (C=O) groups excluding carboxylic acids is 3. The van der Waals surface area contributed by atoms with Crippen molar-refractivity contribution >= 4 is 51.1 Å². The Bertz CT molecular complexity index is 979. The molecule has 29 heavy (non-hydrogen) atoms. The number of thiazole rings is 1. The normalized spacial score (nSPS) is 14.6. The summed E-state index contributed by atoms with van der Waals surface area (Å²) in [7, 11) is 0. The largest absolute Gasteiger partial charge is 0.465 e. The van der Waals surface area contributed by atoms with Crippen molar-refractivity contribution in [3.8, 4) is 0 Å². The van der Waals surface area contributed by atoms with Gasteiger partial charge in [0.25, 0.3) is 5.91 Å². The van der Waals surface area contributed by atoms with Crippen molar-refractivity contribution < 1.29 is 23.5 Å². The second-order valence-electron chi connectivity index (χ2n) is 6.47. The Balaban J connectivity index is 1.73. The molecule has 0 N–H and O–H groups in total. The van der Waals surface area contributed by atoms with E-state index in [9.17, 15) is 18.8 Å². The molecule has 0 atom stereocenters. The number of benzene rings is 1. The first kappa shape index (κ1) is 21.5. The first-order valence-corrected chi connectivity index (χ1v) is 11.3. The summed E-state index contributed by atoms with van der Waals surface area (Å²) < 4.78 is 20.7. The topological polar surface area (TPSA) is 81.0 Å².